The first kappa shape index (κ1) is 12.4. The second kappa shape index (κ2) is 6.01. The van der Waals surface area contributed by atoms with Gasteiger partial charge < -0.3 is 4.90 Å². The van der Waals surface area contributed by atoms with Crippen LogP contribution in [-0.2, 0) is 6.42 Å². The van der Waals surface area contributed by atoms with Crippen LogP contribution in [0.5, 0.6) is 0 Å². The van der Waals surface area contributed by atoms with Crippen LogP contribution in [0.25, 0.3) is 0 Å². The van der Waals surface area contributed by atoms with Crippen molar-refractivity contribution in [1.29, 1.82) is 0 Å². The Bertz CT molecular complexity index is 327. The average molecular weight is 303 g/mol. The number of nitrogens with zero attached hydrogens (tertiary/aromatic N) is 2. The molecule has 1 aromatic rings. The molecule has 0 N–H and O–H groups in total. The maximum Gasteiger partial charge on any atom is 0.185 e. The molecule has 1 aliphatic rings. The Morgan fingerprint density at radius 2 is 2.50 bits per heavy atom. The van der Waals surface area contributed by atoms with Gasteiger partial charge in [0.1, 0.15) is 0 Å². The van der Waals surface area contributed by atoms with E-state index in [1.807, 2.05) is 11.3 Å². The summed E-state index contributed by atoms with van der Waals surface area (Å²) >= 11 is 5.33. The molecular weight excluding hydrogens is 284 g/mol. The second-order valence-electron chi connectivity index (χ2n) is 4.30. The maximum atomic E-state index is 4.70. The lowest BCUT2D eigenvalue weighted by Crippen LogP contribution is -2.29. The zero-order valence-electron chi connectivity index (χ0n) is 9.79. The number of aryl methyl sites for hydroxylation is 1. The zero-order chi connectivity index (χ0) is 11.4. The highest BCUT2D eigenvalue weighted by Gasteiger charge is 2.25. The van der Waals surface area contributed by atoms with Crippen molar-refractivity contribution in [2.24, 2.45) is 0 Å². The predicted molar refractivity (Wildman–Crippen MR) is 74.9 cm³/mol. The normalized spacial score (nSPS) is 20.6. The molecule has 2 rings (SSSR count). The van der Waals surface area contributed by atoms with E-state index in [0.29, 0.717) is 0 Å². The molecule has 0 amide bonds. The zero-order valence-corrected chi connectivity index (χ0v) is 12.2. The van der Waals surface area contributed by atoms with Gasteiger partial charge >= 0.3 is 0 Å². The third-order valence-corrected chi connectivity index (χ3v) is 4.68. The van der Waals surface area contributed by atoms with Gasteiger partial charge in [0.2, 0.25) is 0 Å². The number of hydrogen-bond donors (Lipinski definition) is 0. The fourth-order valence-corrected chi connectivity index (χ4v) is 3.62. The first-order valence-electron chi connectivity index (χ1n) is 6.12. The molecule has 1 fully saturated rings. The quantitative estimate of drug-likeness (QED) is 0.768. The number of aromatic nitrogens is 1. The van der Waals surface area contributed by atoms with Gasteiger partial charge in [-0.3, -0.25) is 0 Å². The third-order valence-electron chi connectivity index (χ3n) is 3.20. The van der Waals surface area contributed by atoms with Gasteiger partial charge in [0, 0.05) is 23.3 Å². The molecule has 1 atom stereocenters. The lowest BCUT2D eigenvalue weighted by Gasteiger charge is -2.23. The SMILES string of the molecule is CCc1csc(N2CCCC2CCCBr)n1. The van der Waals surface area contributed by atoms with E-state index >= 15 is 0 Å². The minimum Gasteiger partial charge on any atom is -0.345 e. The summed E-state index contributed by atoms with van der Waals surface area (Å²) in [5.41, 5.74) is 1.24. The summed E-state index contributed by atoms with van der Waals surface area (Å²) in [5, 5.41) is 4.57. The number of anilines is 1. The molecule has 2 nitrogen and oxygen atoms in total. The van der Waals surface area contributed by atoms with E-state index in [1.54, 1.807) is 0 Å². The van der Waals surface area contributed by atoms with E-state index < -0.39 is 0 Å². The van der Waals surface area contributed by atoms with Crippen molar-refractivity contribution in [2.45, 2.75) is 45.1 Å². The third kappa shape index (κ3) is 2.77. The summed E-state index contributed by atoms with van der Waals surface area (Å²) in [4.78, 5) is 7.22. The highest BCUT2D eigenvalue weighted by Crippen LogP contribution is 2.30. The minimum absolute atomic E-state index is 0.730. The molecule has 0 aliphatic carbocycles. The van der Waals surface area contributed by atoms with E-state index in [2.05, 4.69) is 33.1 Å². The lowest BCUT2D eigenvalue weighted by molar-refractivity contribution is 0.603. The molecule has 0 radical (unpaired) electrons. The van der Waals surface area contributed by atoms with Gasteiger partial charge in [-0.25, -0.2) is 4.98 Å². The molecule has 1 unspecified atom stereocenters. The number of halogens is 1. The number of rotatable bonds is 5. The summed E-state index contributed by atoms with van der Waals surface area (Å²) in [7, 11) is 0. The van der Waals surface area contributed by atoms with Crippen LogP contribution in [0.15, 0.2) is 5.38 Å². The summed E-state index contributed by atoms with van der Waals surface area (Å²) in [6.45, 7) is 3.37. The van der Waals surface area contributed by atoms with Gasteiger partial charge in [-0.2, -0.15) is 0 Å². The van der Waals surface area contributed by atoms with Gasteiger partial charge in [0.15, 0.2) is 5.13 Å². The van der Waals surface area contributed by atoms with E-state index in [1.165, 1.54) is 43.1 Å². The molecule has 0 spiro atoms. The monoisotopic (exact) mass is 302 g/mol. The van der Waals surface area contributed by atoms with Crippen molar-refractivity contribution in [1.82, 2.24) is 4.98 Å². The number of hydrogen-bond acceptors (Lipinski definition) is 3. The van der Waals surface area contributed by atoms with E-state index in [0.717, 1.165) is 17.8 Å². The van der Waals surface area contributed by atoms with Gasteiger partial charge in [-0.05, 0) is 32.1 Å². The number of alkyl halides is 1. The Morgan fingerprint density at radius 1 is 1.62 bits per heavy atom. The van der Waals surface area contributed by atoms with Crippen molar-refractivity contribution < 1.29 is 0 Å². The summed E-state index contributed by atoms with van der Waals surface area (Å²) in [5.74, 6) is 0. The molecule has 1 saturated heterocycles. The Balaban J connectivity index is 2.01. The highest BCUT2D eigenvalue weighted by atomic mass is 79.9. The Labute approximate surface area is 110 Å². The summed E-state index contributed by atoms with van der Waals surface area (Å²) in [6, 6.07) is 0.730. The van der Waals surface area contributed by atoms with Crippen molar-refractivity contribution in [3.8, 4) is 0 Å². The highest BCUT2D eigenvalue weighted by molar-refractivity contribution is 9.09. The average Bonchev–Trinajstić information content (AvgIpc) is 2.94. The molecule has 16 heavy (non-hydrogen) atoms. The molecule has 0 saturated carbocycles. The second-order valence-corrected chi connectivity index (χ2v) is 5.93. The summed E-state index contributed by atoms with van der Waals surface area (Å²) < 4.78 is 0. The van der Waals surface area contributed by atoms with E-state index in [4.69, 9.17) is 4.98 Å². The van der Waals surface area contributed by atoms with Gasteiger partial charge in [0.25, 0.3) is 0 Å². The fourth-order valence-electron chi connectivity index (χ4n) is 2.29. The van der Waals surface area contributed by atoms with Crippen LogP contribution >= 0.6 is 27.3 Å². The van der Waals surface area contributed by atoms with Crippen molar-refractivity contribution in [3.63, 3.8) is 0 Å². The summed E-state index contributed by atoms with van der Waals surface area (Å²) in [6.07, 6.45) is 6.29. The maximum absolute atomic E-state index is 4.70. The molecule has 4 heteroatoms. The van der Waals surface area contributed by atoms with Gasteiger partial charge in [-0.15, -0.1) is 11.3 Å². The first-order valence-corrected chi connectivity index (χ1v) is 8.12. The smallest absolute Gasteiger partial charge is 0.185 e. The van der Waals surface area contributed by atoms with E-state index in [-0.39, 0.29) is 0 Å². The van der Waals surface area contributed by atoms with Crippen LogP contribution in [0.3, 0.4) is 0 Å². The van der Waals surface area contributed by atoms with Crippen LogP contribution in [0.4, 0.5) is 5.13 Å². The topological polar surface area (TPSA) is 16.1 Å². The first-order chi connectivity index (χ1) is 7.85. The van der Waals surface area contributed by atoms with Crippen molar-refractivity contribution in [3.05, 3.63) is 11.1 Å². The van der Waals surface area contributed by atoms with Crippen LogP contribution < -0.4 is 4.90 Å². The Morgan fingerprint density at radius 3 is 3.19 bits per heavy atom. The predicted octanol–water partition coefficient (Wildman–Crippen LogP) is 3.85. The Kier molecular flexibility index (Phi) is 4.65. The van der Waals surface area contributed by atoms with Crippen LogP contribution in [0.1, 0.15) is 38.3 Å². The van der Waals surface area contributed by atoms with Crippen LogP contribution in [0.2, 0.25) is 0 Å². The Hall–Kier alpha value is -0.0900. The fraction of sp³-hybridized carbons (Fsp3) is 0.750. The lowest BCUT2D eigenvalue weighted by atomic mass is 10.1. The molecular formula is C12H19BrN2S. The molecule has 90 valence electrons. The molecule has 2 heterocycles. The van der Waals surface area contributed by atoms with Crippen molar-refractivity contribution >= 4 is 32.4 Å². The van der Waals surface area contributed by atoms with Crippen LogP contribution in [-0.4, -0.2) is 22.9 Å². The van der Waals surface area contributed by atoms with Gasteiger partial charge in [-0.1, -0.05) is 22.9 Å². The van der Waals surface area contributed by atoms with E-state index in [9.17, 15) is 0 Å². The molecule has 0 aromatic carbocycles. The standard InChI is InChI=1S/C12H19BrN2S/c1-2-10-9-16-12(14-10)15-8-4-6-11(15)5-3-7-13/h9,11H,2-8H2,1H3. The molecule has 0 bridgehead atoms. The number of thiazole rings is 1. The molecule has 1 aliphatic heterocycles. The molecule has 1 aromatic heterocycles. The van der Waals surface area contributed by atoms with Crippen LogP contribution in [0, 0.1) is 0 Å². The van der Waals surface area contributed by atoms with Gasteiger partial charge in [0.05, 0.1) is 5.69 Å². The minimum atomic E-state index is 0.730. The van der Waals surface area contributed by atoms with Crippen molar-refractivity contribution in [2.75, 3.05) is 16.8 Å². The largest absolute Gasteiger partial charge is 0.345 e.